The normalized spacial score (nSPS) is 13.0. The molecule has 0 bridgehead atoms. The van der Waals surface area contributed by atoms with E-state index in [1.165, 1.54) is 7.05 Å². The van der Waals surface area contributed by atoms with Gasteiger partial charge in [0.25, 0.3) is 0 Å². The van der Waals surface area contributed by atoms with Crippen LogP contribution in [0.2, 0.25) is 0 Å². The topological polar surface area (TPSA) is 80.8 Å². The van der Waals surface area contributed by atoms with Gasteiger partial charge in [0, 0.05) is 13.6 Å². The quantitative estimate of drug-likeness (QED) is 0.701. The lowest BCUT2D eigenvalue weighted by Gasteiger charge is -2.18. The minimum atomic E-state index is -4.84. The lowest BCUT2D eigenvalue weighted by molar-refractivity contribution is 0.0737. The first-order valence-electron chi connectivity index (χ1n) is 6.18. The summed E-state index contributed by atoms with van der Waals surface area (Å²) in [4.78, 5) is -0.686. The van der Waals surface area contributed by atoms with Crippen LogP contribution < -0.4 is 0 Å². The van der Waals surface area contributed by atoms with Crippen LogP contribution in [0.1, 0.15) is 13.8 Å². The predicted octanol–water partition coefficient (Wildman–Crippen LogP) is 1.39. The van der Waals surface area contributed by atoms with Crippen molar-refractivity contribution in [2.45, 2.75) is 29.7 Å². The highest BCUT2D eigenvalue weighted by Crippen LogP contribution is 2.18. The van der Waals surface area contributed by atoms with E-state index in [-0.39, 0.29) is 24.2 Å². The third kappa shape index (κ3) is 5.03. The Morgan fingerprint density at radius 2 is 1.57 bits per heavy atom. The first-order valence-corrected chi connectivity index (χ1v) is 9.00. The van der Waals surface area contributed by atoms with E-state index in [9.17, 15) is 20.7 Å². The number of halogens is 1. The van der Waals surface area contributed by atoms with Crippen molar-refractivity contribution >= 4 is 20.2 Å². The van der Waals surface area contributed by atoms with E-state index in [2.05, 4.69) is 0 Å². The van der Waals surface area contributed by atoms with Crippen molar-refractivity contribution in [3.8, 4) is 0 Å². The zero-order chi connectivity index (χ0) is 16.3. The fourth-order valence-electron chi connectivity index (χ4n) is 1.49. The summed E-state index contributed by atoms with van der Waals surface area (Å²) in [6.45, 7) is 4.07. The predicted molar refractivity (Wildman–Crippen MR) is 75.6 cm³/mol. The highest BCUT2D eigenvalue weighted by atomic mass is 32.3. The van der Waals surface area contributed by atoms with Gasteiger partial charge in [-0.3, -0.25) is 0 Å². The Labute approximate surface area is 124 Å². The molecule has 0 heterocycles. The molecule has 0 spiro atoms. The number of likely N-dealkylation sites (N-methyl/N-ethyl adjacent to an activating group) is 1. The van der Waals surface area contributed by atoms with Crippen LogP contribution in [-0.2, 0) is 25.0 Å². The second-order valence-corrected chi connectivity index (χ2v) is 8.05. The molecule has 6 nitrogen and oxygen atoms in total. The standard InChI is InChI=1S/C12H18FNO5S2/c1-10(2)19-9-8-14(3)21(17,18)12-6-4-11(5-7-12)20(13,15)16/h4-7,10H,8-9H2,1-3H3. The van der Waals surface area contributed by atoms with E-state index in [0.29, 0.717) is 0 Å². The van der Waals surface area contributed by atoms with Gasteiger partial charge in [0.1, 0.15) is 0 Å². The molecule has 0 atom stereocenters. The number of ether oxygens (including phenoxy) is 1. The van der Waals surface area contributed by atoms with Crippen molar-refractivity contribution in [2.75, 3.05) is 20.2 Å². The number of nitrogens with zero attached hydrogens (tertiary/aromatic N) is 1. The summed E-state index contributed by atoms with van der Waals surface area (Å²) in [5, 5.41) is 0. The van der Waals surface area contributed by atoms with Crippen LogP contribution in [0.4, 0.5) is 3.89 Å². The number of rotatable bonds is 7. The second-order valence-electron chi connectivity index (χ2n) is 4.66. The maximum Gasteiger partial charge on any atom is 0.332 e. The van der Waals surface area contributed by atoms with Crippen molar-refractivity contribution in [3.05, 3.63) is 24.3 Å². The van der Waals surface area contributed by atoms with E-state index >= 15 is 0 Å². The summed E-state index contributed by atoms with van der Waals surface area (Å²) in [5.41, 5.74) is 0. The fourth-order valence-corrected chi connectivity index (χ4v) is 3.11. The Morgan fingerprint density at radius 1 is 1.10 bits per heavy atom. The van der Waals surface area contributed by atoms with Gasteiger partial charge in [0.15, 0.2) is 0 Å². The SMILES string of the molecule is CC(C)OCCN(C)S(=O)(=O)c1ccc(S(=O)(=O)F)cc1. The monoisotopic (exact) mass is 339 g/mol. The largest absolute Gasteiger partial charge is 0.377 e. The van der Waals surface area contributed by atoms with Gasteiger partial charge in [-0.05, 0) is 38.1 Å². The van der Waals surface area contributed by atoms with E-state index < -0.39 is 25.1 Å². The van der Waals surface area contributed by atoms with Gasteiger partial charge in [-0.1, -0.05) is 0 Å². The lowest BCUT2D eigenvalue weighted by atomic mass is 10.4. The molecule has 0 aromatic heterocycles. The van der Waals surface area contributed by atoms with Crippen LogP contribution in [0.3, 0.4) is 0 Å². The average Bonchev–Trinajstić information content (AvgIpc) is 2.37. The molecule has 9 heteroatoms. The van der Waals surface area contributed by atoms with Crippen LogP contribution >= 0.6 is 0 Å². The Bertz CT molecular complexity index is 668. The van der Waals surface area contributed by atoms with Crippen LogP contribution in [0.15, 0.2) is 34.1 Å². The van der Waals surface area contributed by atoms with Crippen LogP contribution in [-0.4, -0.2) is 47.4 Å². The Balaban J connectivity index is 2.87. The number of hydrogen-bond donors (Lipinski definition) is 0. The van der Waals surface area contributed by atoms with Gasteiger partial charge < -0.3 is 4.74 Å². The van der Waals surface area contributed by atoms with Crippen molar-refractivity contribution in [1.29, 1.82) is 0 Å². The van der Waals surface area contributed by atoms with E-state index in [0.717, 1.165) is 28.6 Å². The van der Waals surface area contributed by atoms with E-state index in [4.69, 9.17) is 4.74 Å². The van der Waals surface area contributed by atoms with Crippen LogP contribution in [0, 0.1) is 0 Å². The van der Waals surface area contributed by atoms with Gasteiger partial charge in [0.05, 0.1) is 22.5 Å². The smallest absolute Gasteiger partial charge is 0.332 e. The molecule has 0 saturated heterocycles. The molecule has 0 saturated carbocycles. The third-order valence-corrected chi connectivity index (χ3v) is 5.38. The first-order chi connectivity index (χ1) is 9.55. The van der Waals surface area contributed by atoms with Crippen LogP contribution in [0.5, 0.6) is 0 Å². The average molecular weight is 339 g/mol. The summed E-state index contributed by atoms with van der Waals surface area (Å²) in [7, 11) is -7.21. The van der Waals surface area contributed by atoms with Crippen molar-refractivity contribution < 1.29 is 25.5 Å². The molecular formula is C12H18FNO5S2. The summed E-state index contributed by atoms with van der Waals surface area (Å²) in [5.74, 6) is 0. The van der Waals surface area contributed by atoms with Crippen LogP contribution in [0.25, 0.3) is 0 Å². The first kappa shape index (κ1) is 18.0. The number of sulfonamides is 1. The molecule has 0 fully saturated rings. The second kappa shape index (κ2) is 6.82. The van der Waals surface area contributed by atoms with Crippen molar-refractivity contribution in [1.82, 2.24) is 4.31 Å². The molecule has 0 unspecified atom stereocenters. The fraction of sp³-hybridized carbons (Fsp3) is 0.500. The van der Waals surface area contributed by atoms with Gasteiger partial charge in [-0.25, -0.2) is 8.42 Å². The molecule has 21 heavy (non-hydrogen) atoms. The van der Waals surface area contributed by atoms with Crippen molar-refractivity contribution in [2.24, 2.45) is 0 Å². The molecule has 0 aliphatic heterocycles. The zero-order valence-corrected chi connectivity index (χ0v) is 13.6. The number of hydrogen-bond acceptors (Lipinski definition) is 5. The maximum absolute atomic E-state index is 12.7. The number of benzene rings is 1. The highest BCUT2D eigenvalue weighted by Gasteiger charge is 2.21. The third-order valence-electron chi connectivity index (χ3n) is 2.67. The highest BCUT2D eigenvalue weighted by molar-refractivity contribution is 7.89. The van der Waals surface area contributed by atoms with Crippen molar-refractivity contribution in [3.63, 3.8) is 0 Å². The molecule has 120 valence electrons. The summed E-state index contributed by atoms with van der Waals surface area (Å²) >= 11 is 0. The van der Waals surface area contributed by atoms with E-state index in [1.54, 1.807) is 0 Å². The summed E-state index contributed by atoms with van der Waals surface area (Å²) in [6, 6.07) is 3.95. The Morgan fingerprint density at radius 3 is 2.00 bits per heavy atom. The minimum Gasteiger partial charge on any atom is -0.377 e. The van der Waals surface area contributed by atoms with Gasteiger partial charge in [-0.2, -0.15) is 12.7 Å². The summed E-state index contributed by atoms with van der Waals surface area (Å²) in [6.07, 6.45) is -0.00449. The minimum absolute atomic E-state index is 0.00449. The van der Waals surface area contributed by atoms with E-state index in [1.807, 2.05) is 13.8 Å². The Kier molecular flexibility index (Phi) is 5.85. The molecule has 1 rings (SSSR count). The van der Waals surface area contributed by atoms with Gasteiger partial charge in [-0.15, -0.1) is 3.89 Å². The molecule has 1 aromatic rings. The molecule has 1 aromatic carbocycles. The molecule has 0 N–H and O–H groups in total. The maximum atomic E-state index is 12.7. The molecule has 0 aliphatic rings. The zero-order valence-electron chi connectivity index (χ0n) is 12.0. The molecule has 0 aliphatic carbocycles. The molecule has 0 amide bonds. The van der Waals surface area contributed by atoms with Gasteiger partial charge in [0.2, 0.25) is 10.0 Å². The Hall–Kier alpha value is -1.03. The summed E-state index contributed by atoms with van der Waals surface area (Å²) < 4.78 is 64.9. The van der Waals surface area contributed by atoms with Gasteiger partial charge >= 0.3 is 10.2 Å². The molecule has 0 radical (unpaired) electrons. The lowest BCUT2D eigenvalue weighted by Crippen LogP contribution is -2.30. The molecular weight excluding hydrogens is 321 g/mol.